The average Bonchev–Trinajstić information content (AvgIpc) is 3.15. The van der Waals surface area contributed by atoms with E-state index in [0.29, 0.717) is 12.5 Å². The summed E-state index contributed by atoms with van der Waals surface area (Å²) in [5, 5.41) is 11.0. The molecule has 1 aliphatic rings. The van der Waals surface area contributed by atoms with Gasteiger partial charge in [0.1, 0.15) is 17.1 Å². The van der Waals surface area contributed by atoms with Crippen LogP contribution in [0.25, 0.3) is 33.1 Å². The standard InChI is InChI=1S/C25H27N3O3/c1-30-10-9-24-27-23-15-26-22-6-5-19(18-3-2-4-20(29)13-18)14-21(22)25(23)28(24)16-17-7-11-31-12-8-17/h2-6,13-15,17,29H,7-12,16H2,1H3. The van der Waals surface area contributed by atoms with Gasteiger partial charge in [0.15, 0.2) is 0 Å². The average molecular weight is 418 g/mol. The maximum absolute atomic E-state index is 9.92. The van der Waals surface area contributed by atoms with Crippen LogP contribution in [0.5, 0.6) is 5.75 Å². The molecule has 0 aliphatic carbocycles. The van der Waals surface area contributed by atoms with E-state index in [2.05, 4.69) is 27.8 Å². The van der Waals surface area contributed by atoms with Crippen LogP contribution < -0.4 is 0 Å². The highest BCUT2D eigenvalue weighted by Gasteiger charge is 2.20. The van der Waals surface area contributed by atoms with Crippen LogP contribution in [0.4, 0.5) is 0 Å². The summed E-state index contributed by atoms with van der Waals surface area (Å²) in [5.41, 5.74) is 5.02. The number of nitrogens with zero attached hydrogens (tertiary/aromatic N) is 3. The first-order chi connectivity index (χ1) is 15.2. The molecule has 31 heavy (non-hydrogen) atoms. The SMILES string of the molecule is COCCc1nc2cnc3ccc(-c4cccc(O)c4)cc3c2n1CC1CCOCC1. The fourth-order valence-electron chi connectivity index (χ4n) is 4.50. The normalized spacial score (nSPS) is 15.1. The van der Waals surface area contributed by atoms with Gasteiger partial charge < -0.3 is 19.1 Å². The summed E-state index contributed by atoms with van der Waals surface area (Å²) in [5.74, 6) is 1.88. The molecule has 4 aromatic rings. The van der Waals surface area contributed by atoms with E-state index in [1.54, 1.807) is 19.2 Å². The summed E-state index contributed by atoms with van der Waals surface area (Å²) < 4.78 is 13.3. The molecule has 1 saturated heterocycles. The fourth-order valence-corrected chi connectivity index (χ4v) is 4.50. The van der Waals surface area contributed by atoms with Gasteiger partial charge in [0.25, 0.3) is 0 Å². The second-order valence-electron chi connectivity index (χ2n) is 8.21. The van der Waals surface area contributed by atoms with Gasteiger partial charge in [0, 0.05) is 38.7 Å². The predicted molar refractivity (Wildman–Crippen MR) is 121 cm³/mol. The van der Waals surface area contributed by atoms with Gasteiger partial charge in [-0.3, -0.25) is 4.98 Å². The first-order valence-electron chi connectivity index (χ1n) is 10.9. The van der Waals surface area contributed by atoms with Gasteiger partial charge in [-0.2, -0.15) is 0 Å². The molecule has 6 nitrogen and oxygen atoms in total. The van der Waals surface area contributed by atoms with Crippen LogP contribution in [0.15, 0.2) is 48.7 Å². The molecule has 0 unspecified atom stereocenters. The van der Waals surface area contributed by atoms with E-state index < -0.39 is 0 Å². The summed E-state index contributed by atoms with van der Waals surface area (Å²) in [6.45, 7) is 3.22. The molecular weight excluding hydrogens is 390 g/mol. The van der Waals surface area contributed by atoms with E-state index in [4.69, 9.17) is 14.5 Å². The number of hydrogen-bond acceptors (Lipinski definition) is 5. The molecule has 3 heterocycles. The Kier molecular flexibility index (Phi) is 5.57. The molecule has 0 spiro atoms. The number of pyridine rings is 1. The molecule has 1 N–H and O–H groups in total. The smallest absolute Gasteiger partial charge is 0.116 e. The third-order valence-corrected chi connectivity index (χ3v) is 6.14. The zero-order chi connectivity index (χ0) is 21.2. The lowest BCUT2D eigenvalue weighted by Gasteiger charge is -2.23. The molecule has 2 aromatic heterocycles. The number of ether oxygens (including phenoxy) is 2. The lowest BCUT2D eigenvalue weighted by atomic mass is 9.99. The first-order valence-corrected chi connectivity index (χ1v) is 10.9. The van der Waals surface area contributed by atoms with Gasteiger partial charge in [-0.15, -0.1) is 0 Å². The van der Waals surface area contributed by atoms with Crippen molar-refractivity contribution in [1.82, 2.24) is 14.5 Å². The maximum atomic E-state index is 9.92. The number of benzene rings is 2. The zero-order valence-electron chi connectivity index (χ0n) is 17.8. The van der Waals surface area contributed by atoms with E-state index in [-0.39, 0.29) is 5.75 Å². The molecule has 0 atom stereocenters. The number of hydrogen-bond donors (Lipinski definition) is 1. The van der Waals surface area contributed by atoms with Crippen molar-refractivity contribution in [1.29, 1.82) is 0 Å². The summed E-state index contributed by atoms with van der Waals surface area (Å²) in [6, 6.07) is 13.6. The Morgan fingerprint density at radius 2 is 1.94 bits per heavy atom. The van der Waals surface area contributed by atoms with Gasteiger partial charge in [-0.25, -0.2) is 4.98 Å². The number of fused-ring (bicyclic) bond motifs is 3. The maximum Gasteiger partial charge on any atom is 0.116 e. The zero-order valence-corrected chi connectivity index (χ0v) is 17.8. The molecule has 0 bridgehead atoms. The second kappa shape index (κ2) is 8.65. The summed E-state index contributed by atoms with van der Waals surface area (Å²) in [4.78, 5) is 9.60. The van der Waals surface area contributed by atoms with Crippen LogP contribution in [0.2, 0.25) is 0 Å². The molecule has 1 fully saturated rings. The highest BCUT2D eigenvalue weighted by Crippen LogP contribution is 2.32. The second-order valence-corrected chi connectivity index (χ2v) is 8.21. The van der Waals surface area contributed by atoms with Crippen molar-refractivity contribution >= 4 is 21.9 Å². The van der Waals surface area contributed by atoms with Gasteiger partial charge in [-0.1, -0.05) is 18.2 Å². The quantitative estimate of drug-likeness (QED) is 0.498. The monoisotopic (exact) mass is 417 g/mol. The Bertz CT molecular complexity index is 1210. The third kappa shape index (κ3) is 4.01. The minimum atomic E-state index is 0.264. The van der Waals surface area contributed by atoms with E-state index in [0.717, 1.165) is 77.9 Å². The number of aromatic hydroxyl groups is 1. The molecule has 0 amide bonds. The van der Waals surface area contributed by atoms with E-state index in [1.165, 1.54) is 0 Å². The summed E-state index contributed by atoms with van der Waals surface area (Å²) in [7, 11) is 1.73. The predicted octanol–water partition coefficient (Wildman–Crippen LogP) is 4.57. The van der Waals surface area contributed by atoms with Crippen molar-refractivity contribution < 1.29 is 14.6 Å². The Balaban J connectivity index is 1.67. The highest BCUT2D eigenvalue weighted by molar-refractivity contribution is 6.04. The number of rotatable bonds is 6. The van der Waals surface area contributed by atoms with Crippen molar-refractivity contribution in [3.05, 3.63) is 54.5 Å². The Morgan fingerprint density at radius 1 is 1.10 bits per heavy atom. The minimum Gasteiger partial charge on any atom is -0.508 e. The minimum absolute atomic E-state index is 0.264. The first kappa shape index (κ1) is 20.0. The van der Waals surface area contributed by atoms with Gasteiger partial charge >= 0.3 is 0 Å². The number of phenolic OH excluding ortho intramolecular Hbond substituents is 1. The molecular formula is C25H27N3O3. The van der Waals surface area contributed by atoms with E-state index >= 15 is 0 Å². The van der Waals surface area contributed by atoms with E-state index in [1.807, 2.05) is 18.3 Å². The number of methoxy groups -OCH3 is 1. The molecule has 0 radical (unpaired) electrons. The Labute approximate surface area is 181 Å². The van der Waals surface area contributed by atoms with Crippen LogP contribution in [-0.4, -0.2) is 46.6 Å². The van der Waals surface area contributed by atoms with Crippen molar-refractivity contribution in [3.63, 3.8) is 0 Å². The van der Waals surface area contributed by atoms with Gasteiger partial charge in [0.05, 0.1) is 23.8 Å². The van der Waals surface area contributed by atoms with Crippen molar-refractivity contribution in [2.24, 2.45) is 5.92 Å². The topological polar surface area (TPSA) is 69.4 Å². The van der Waals surface area contributed by atoms with Crippen LogP contribution in [0.1, 0.15) is 18.7 Å². The molecule has 5 rings (SSSR count). The van der Waals surface area contributed by atoms with Crippen LogP contribution >= 0.6 is 0 Å². The van der Waals surface area contributed by atoms with E-state index in [9.17, 15) is 5.11 Å². The summed E-state index contributed by atoms with van der Waals surface area (Å²) >= 11 is 0. The summed E-state index contributed by atoms with van der Waals surface area (Å²) in [6.07, 6.45) is 4.78. The van der Waals surface area contributed by atoms with Crippen molar-refractivity contribution in [2.75, 3.05) is 26.9 Å². The molecule has 1 aliphatic heterocycles. The number of aromatic nitrogens is 3. The van der Waals surface area contributed by atoms with Crippen LogP contribution in [0, 0.1) is 5.92 Å². The highest BCUT2D eigenvalue weighted by atomic mass is 16.5. The third-order valence-electron chi connectivity index (χ3n) is 6.14. The van der Waals surface area contributed by atoms with Crippen molar-refractivity contribution in [3.8, 4) is 16.9 Å². The van der Waals surface area contributed by atoms with Crippen molar-refractivity contribution in [2.45, 2.75) is 25.8 Å². The molecule has 2 aromatic carbocycles. The molecule has 160 valence electrons. The Hall–Kier alpha value is -2.96. The number of imidazole rings is 1. The fraction of sp³-hybridized carbons (Fsp3) is 0.360. The van der Waals surface area contributed by atoms with Gasteiger partial charge in [0.2, 0.25) is 0 Å². The largest absolute Gasteiger partial charge is 0.508 e. The lowest BCUT2D eigenvalue weighted by molar-refractivity contribution is 0.0612. The lowest BCUT2D eigenvalue weighted by Crippen LogP contribution is -2.21. The molecule has 6 heteroatoms. The van der Waals surface area contributed by atoms with Crippen LogP contribution in [0.3, 0.4) is 0 Å². The van der Waals surface area contributed by atoms with Crippen LogP contribution in [-0.2, 0) is 22.4 Å². The Morgan fingerprint density at radius 3 is 2.74 bits per heavy atom. The molecule has 0 saturated carbocycles. The number of phenols is 1. The van der Waals surface area contributed by atoms with Gasteiger partial charge in [-0.05, 0) is 54.2 Å².